The Balaban J connectivity index is 2.00. The van der Waals surface area contributed by atoms with Crippen LogP contribution in [-0.4, -0.2) is 16.5 Å². The molecule has 2 rings (SSSR count). The SMILES string of the molecule is Cc1ccc(N)c(NCC(C)c2nccs2)n1. The largest absolute Gasteiger partial charge is 0.396 e. The van der Waals surface area contributed by atoms with Gasteiger partial charge in [0.2, 0.25) is 0 Å². The highest BCUT2D eigenvalue weighted by Crippen LogP contribution is 2.20. The number of nitrogens with zero attached hydrogens (tertiary/aromatic N) is 2. The van der Waals surface area contributed by atoms with E-state index in [0.29, 0.717) is 11.6 Å². The summed E-state index contributed by atoms with van der Waals surface area (Å²) in [4.78, 5) is 8.67. The van der Waals surface area contributed by atoms with E-state index >= 15 is 0 Å². The highest BCUT2D eigenvalue weighted by Gasteiger charge is 2.09. The smallest absolute Gasteiger partial charge is 0.149 e. The number of aryl methyl sites for hydroxylation is 1. The molecule has 0 aromatic carbocycles. The van der Waals surface area contributed by atoms with Crippen molar-refractivity contribution < 1.29 is 0 Å². The molecule has 0 fully saturated rings. The van der Waals surface area contributed by atoms with Crippen LogP contribution in [0, 0.1) is 6.92 Å². The summed E-state index contributed by atoms with van der Waals surface area (Å²) in [6.45, 7) is 4.88. The molecular formula is C12H16N4S. The van der Waals surface area contributed by atoms with Crippen molar-refractivity contribution in [2.75, 3.05) is 17.6 Å². The number of nitrogen functional groups attached to an aromatic ring is 1. The van der Waals surface area contributed by atoms with Gasteiger partial charge in [-0.15, -0.1) is 11.3 Å². The van der Waals surface area contributed by atoms with Crippen molar-refractivity contribution in [3.05, 3.63) is 34.4 Å². The highest BCUT2D eigenvalue weighted by atomic mass is 32.1. The second kappa shape index (κ2) is 5.14. The molecule has 0 radical (unpaired) electrons. The first-order valence-corrected chi connectivity index (χ1v) is 6.41. The predicted octanol–water partition coefficient (Wildman–Crippen LogP) is 2.64. The number of thiazole rings is 1. The molecule has 2 aromatic rings. The molecule has 2 aromatic heterocycles. The number of pyridine rings is 1. The van der Waals surface area contributed by atoms with Crippen LogP contribution in [0.5, 0.6) is 0 Å². The van der Waals surface area contributed by atoms with Gasteiger partial charge in [0.15, 0.2) is 0 Å². The molecule has 0 saturated heterocycles. The maximum Gasteiger partial charge on any atom is 0.149 e. The Bertz CT molecular complexity index is 481. The molecule has 1 unspecified atom stereocenters. The number of rotatable bonds is 4. The zero-order valence-electron chi connectivity index (χ0n) is 9.97. The van der Waals surface area contributed by atoms with Gasteiger partial charge in [-0.05, 0) is 19.1 Å². The van der Waals surface area contributed by atoms with Gasteiger partial charge < -0.3 is 11.1 Å². The van der Waals surface area contributed by atoms with Crippen molar-refractivity contribution in [1.82, 2.24) is 9.97 Å². The van der Waals surface area contributed by atoms with Crippen LogP contribution in [0.15, 0.2) is 23.7 Å². The molecule has 4 nitrogen and oxygen atoms in total. The van der Waals surface area contributed by atoms with Crippen LogP contribution in [-0.2, 0) is 0 Å². The lowest BCUT2D eigenvalue weighted by molar-refractivity contribution is 0.792. The minimum atomic E-state index is 0.358. The third kappa shape index (κ3) is 2.94. The number of aromatic nitrogens is 2. The molecular weight excluding hydrogens is 232 g/mol. The van der Waals surface area contributed by atoms with Crippen LogP contribution < -0.4 is 11.1 Å². The van der Waals surface area contributed by atoms with E-state index in [9.17, 15) is 0 Å². The second-order valence-electron chi connectivity index (χ2n) is 4.04. The molecule has 0 aliphatic rings. The Morgan fingerprint density at radius 1 is 1.47 bits per heavy atom. The minimum absolute atomic E-state index is 0.358. The summed E-state index contributed by atoms with van der Waals surface area (Å²) in [5.41, 5.74) is 7.50. The van der Waals surface area contributed by atoms with Crippen molar-refractivity contribution >= 4 is 22.8 Å². The van der Waals surface area contributed by atoms with E-state index in [1.165, 1.54) is 0 Å². The summed E-state index contributed by atoms with van der Waals surface area (Å²) >= 11 is 1.67. The normalized spacial score (nSPS) is 12.4. The van der Waals surface area contributed by atoms with Crippen molar-refractivity contribution in [1.29, 1.82) is 0 Å². The topological polar surface area (TPSA) is 63.8 Å². The summed E-state index contributed by atoms with van der Waals surface area (Å²) in [6, 6.07) is 3.78. The number of anilines is 2. The third-order valence-electron chi connectivity index (χ3n) is 2.51. The van der Waals surface area contributed by atoms with Crippen molar-refractivity contribution in [2.24, 2.45) is 0 Å². The zero-order valence-corrected chi connectivity index (χ0v) is 10.8. The van der Waals surface area contributed by atoms with Gasteiger partial charge in [0.1, 0.15) is 5.82 Å². The van der Waals surface area contributed by atoms with E-state index in [1.54, 1.807) is 11.3 Å². The summed E-state index contributed by atoms with van der Waals surface area (Å²) < 4.78 is 0. The molecule has 0 spiro atoms. The Labute approximate surface area is 105 Å². The fourth-order valence-corrected chi connectivity index (χ4v) is 2.22. The van der Waals surface area contributed by atoms with Gasteiger partial charge >= 0.3 is 0 Å². The lowest BCUT2D eigenvalue weighted by Crippen LogP contribution is -2.12. The summed E-state index contributed by atoms with van der Waals surface area (Å²) in [7, 11) is 0. The quantitative estimate of drug-likeness (QED) is 0.873. The van der Waals surface area contributed by atoms with Crippen LogP contribution >= 0.6 is 11.3 Å². The van der Waals surface area contributed by atoms with Crippen molar-refractivity contribution in [3.8, 4) is 0 Å². The lowest BCUT2D eigenvalue weighted by Gasteiger charge is -2.12. The summed E-state index contributed by atoms with van der Waals surface area (Å²) in [5.74, 6) is 1.12. The molecule has 0 aliphatic heterocycles. The second-order valence-corrected chi connectivity index (χ2v) is 4.97. The molecule has 3 N–H and O–H groups in total. The highest BCUT2D eigenvalue weighted by molar-refractivity contribution is 7.09. The summed E-state index contributed by atoms with van der Waals surface area (Å²) in [6.07, 6.45) is 1.83. The van der Waals surface area contributed by atoms with Gasteiger partial charge in [-0.25, -0.2) is 9.97 Å². The Kier molecular flexibility index (Phi) is 3.58. The molecule has 2 heterocycles. The average molecular weight is 248 g/mol. The lowest BCUT2D eigenvalue weighted by atomic mass is 10.2. The molecule has 0 saturated carbocycles. The minimum Gasteiger partial charge on any atom is -0.396 e. The van der Waals surface area contributed by atoms with Gasteiger partial charge in [-0.2, -0.15) is 0 Å². The van der Waals surface area contributed by atoms with Crippen molar-refractivity contribution in [3.63, 3.8) is 0 Å². The van der Waals surface area contributed by atoms with Gasteiger partial charge in [0, 0.05) is 29.7 Å². The molecule has 5 heteroatoms. The maximum atomic E-state index is 5.86. The first-order chi connectivity index (χ1) is 8.16. The van der Waals surface area contributed by atoms with Gasteiger partial charge in [0.25, 0.3) is 0 Å². The molecule has 0 amide bonds. The fraction of sp³-hybridized carbons (Fsp3) is 0.333. The molecule has 0 bridgehead atoms. The molecule has 1 atom stereocenters. The Hall–Kier alpha value is -1.62. The van der Waals surface area contributed by atoms with Crippen LogP contribution in [0.4, 0.5) is 11.5 Å². The van der Waals surface area contributed by atoms with Crippen LogP contribution in [0.3, 0.4) is 0 Å². The number of nitrogens with two attached hydrogens (primary N) is 1. The summed E-state index contributed by atoms with van der Waals surface area (Å²) in [5, 5.41) is 6.39. The van der Waals surface area contributed by atoms with E-state index in [1.807, 2.05) is 30.6 Å². The van der Waals surface area contributed by atoms with Crippen LogP contribution in [0.25, 0.3) is 0 Å². The Morgan fingerprint density at radius 2 is 2.29 bits per heavy atom. The first kappa shape index (κ1) is 11.9. The average Bonchev–Trinajstić information content (AvgIpc) is 2.83. The molecule has 17 heavy (non-hydrogen) atoms. The number of hydrogen-bond donors (Lipinski definition) is 2. The van der Waals surface area contributed by atoms with E-state index in [0.717, 1.165) is 23.1 Å². The van der Waals surface area contributed by atoms with E-state index in [-0.39, 0.29) is 0 Å². The molecule has 90 valence electrons. The standard InChI is InChI=1S/C12H16N4S/c1-8(12-14-5-6-17-12)7-15-11-10(13)4-3-9(2)16-11/h3-6,8H,7,13H2,1-2H3,(H,15,16). The molecule has 0 aliphatic carbocycles. The first-order valence-electron chi connectivity index (χ1n) is 5.53. The van der Waals surface area contributed by atoms with Gasteiger partial charge in [0.05, 0.1) is 10.7 Å². The van der Waals surface area contributed by atoms with E-state index in [4.69, 9.17) is 5.73 Å². The van der Waals surface area contributed by atoms with Gasteiger partial charge in [-0.3, -0.25) is 0 Å². The van der Waals surface area contributed by atoms with Gasteiger partial charge in [-0.1, -0.05) is 6.92 Å². The zero-order chi connectivity index (χ0) is 12.3. The maximum absolute atomic E-state index is 5.86. The van der Waals surface area contributed by atoms with Crippen LogP contribution in [0.2, 0.25) is 0 Å². The number of nitrogens with one attached hydrogen (secondary N) is 1. The fourth-order valence-electron chi connectivity index (χ4n) is 1.52. The third-order valence-corrected chi connectivity index (χ3v) is 3.52. The Morgan fingerprint density at radius 3 is 3.00 bits per heavy atom. The van der Waals surface area contributed by atoms with Crippen molar-refractivity contribution in [2.45, 2.75) is 19.8 Å². The number of hydrogen-bond acceptors (Lipinski definition) is 5. The van der Waals surface area contributed by atoms with E-state index in [2.05, 4.69) is 22.2 Å². The van der Waals surface area contributed by atoms with Crippen LogP contribution in [0.1, 0.15) is 23.5 Å². The predicted molar refractivity (Wildman–Crippen MR) is 72.4 cm³/mol. The monoisotopic (exact) mass is 248 g/mol. The van der Waals surface area contributed by atoms with E-state index < -0.39 is 0 Å².